The van der Waals surface area contributed by atoms with E-state index in [1.165, 1.54) is 6.92 Å². The van der Waals surface area contributed by atoms with Crippen LogP contribution in [0.25, 0.3) is 0 Å². The molecule has 1 rings (SSSR count). The summed E-state index contributed by atoms with van der Waals surface area (Å²) < 4.78 is 67.2. The van der Waals surface area contributed by atoms with Crippen LogP contribution in [0.5, 0.6) is 0 Å². The van der Waals surface area contributed by atoms with E-state index in [0.29, 0.717) is 0 Å². The van der Waals surface area contributed by atoms with E-state index in [1.807, 2.05) is 0 Å². The van der Waals surface area contributed by atoms with Crippen LogP contribution in [0.1, 0.15) is 13.3 Å². The Morgan fingerprint density at radius 1 is 1.35 bits per heavy atom. The Kier molecular flexibility index (Phi) is 3.95. The zero-order valence-electron chi connectivity index (χ0n) is 8.98. The molecule has 0 aromatic heterocycles. The highest BCUT2D eigenvalue weighted by molar-refractivity contribution is 5.76. The Morgan fingerprint density at radius 3 is 2.41 bits per heavy atom. The predicted octanol–water partition coefficient (Wildman–Crippen LogP) is 1.73. The van der Waals surface area contributed by atoms with Gasteiger partial charge in [-0.2, -0.15) is 22.0 Å². The van der Waals surface area contributed by atoms with Gasteiger partial charge in [-0.25, -0.2) is 0 Å². The van der Waals surface area contributed by atoms with Gasteiger partial charge in [-0.3, -0.25) is 4.79 Å². The lowest BCUT2D eigenvalue weighted by Crippen LogP contribution is -2.51. The molecule has 1 fully saturated rings. The number of ether oxygens (including phenoxy) is 1. The molecule has 0 spiro atoms. The Morgan fingerprint density at radius 2 is 1.94 bits per heavy atom. The topological polar surface area (TPSA) is 38.3 Å². The summed E-state index contributed by atoms with van der Waals surface area (Å²) in [5.74, 6) is -8.08. The van der Waals surface area contributed by atoms with Gasteiger partial charge < -0.3 is 10.1 Å². The monoisotopic (exact) mass is 261 g/mol. The predicted molar refractivity (Wildman–Crippen MR) is 47.5 cm³/mol. The maximum Gasteiger partial charge on any atom is 0.453 e. The summed E-state index contributed by atoms with van der Waals surface area (Å²) in [6, 6.07) is -1.61. The van der Waals surface area contributed by atoms with Crippen LogP contribution < -0.4 is 5.32 Å². The number of alkyl halides is 5. The van der Waals surface area contributed by atoms with E-state index in [0.717, 1.165) is 0 Å². The lowest BCUT2D eigenvalue weighted by molar-refractivity contribution is -0.303. The van der Waals surface area contributed by atoms with E-state index in [1.54, 1.807) is 0 Å². The van der Waals surface area contributed by atoms with E-state index in [4.69, 9.17) is 0 Å². The van der Waals surface area contributed by atoms with E-state index in [2.05, 4.69) is 10.1 Å². The van der Waals surface area contributed by atoms with Gasteiger partial charge in [0.25, 0.3) is 0 Å². The summed E-state index contributed by atoms with van der Waals surface area (Å²) in [5.41, 5.74) is 0. The van der Waals surface area contributed by atoms with Crippen molar-refractivity contribution in [2.24, 2.45) is 5.92 Å². The van der Waals surface area contributed by atoms with Gasteiger partial charge in [0.15, 0.2) is 0 Å². The summed E-state index contributed by atoms with van der Waals surface area (Å²) in [5, 5.41) is 2.31. The molecule has 0 radical (unpaired) electrons. The number of rotatable bonds is 3. The second-order valence-electron chi connectivity index (χ2n) is 3.70. The summed E-state index contributed by atoms with van der Waals surface area (Å²) in [6.45, 7) is 1.31. The first-order valence-electron chi connectivity index (χ1n) is 5.06. The number of esters is 1. The number of hydrogen-bond donors (Lipinski definition) is 1. The van der Waals surface area contributed by atoms with Crippen LogP contribution in [-0.2, 0) is 9.53 Å². The molecule has 0 aromatic carbocycles. The first-order chi connectivity index (χ1) is 7.71. The largest absolute Gasteiger partial charge is 0.465 e. The lowest BCUT2D eigenvalue weighted by atomic mass is 9.93. The molecule has 0 aliphatic carbocycles. The highest BCUT2D eigenvalue weighted by Gasteiger charge is 2.65. The molecule has 0 amide bonds. The van der Waals surface area contributed by atoms with Gasteiger partial charge in [0.1, 0.15) is 6.04 Å². The molecule has 17 heavy (non-hydrogen) atoms. The summed E-state index contributed by atoms with van der Waals surface area (Å²) >= 11 is 0. The Hall–Kier alpha value is -0.920. The minimum atomic E-state index is -5.66. The maximum absolute atomic E-state index is 13.1. The molecule has 0 unspecified atom stereocenters. The molecule has 1 aliphatic heterocycles. The quantitative estimate of drug-likeness (QED) is 0.621. The van der Waals surface area contributed by atoms with Crippen LogP contribution in [-0.4, -0.2) is 37.3 Å². The molecular weight excluding hydrogens is 249 g/mol. The van der Waals surface area contributed by atoms with Gasteiger partial charge in [0, 0.05) is 0 Å². The van der Waals surface area contributed by atoms with E-state index >= 15 is 0 Å². The first-order valence-corrected chi connectivity index (χ1v) is 5.06. The molecule has 100 valence electrons. The van der Waals surface area contributed by atoms with Crippen LogP contribution in [0.15, 0.2) is 0 Å². The molecule has 0 saturated carbocycles. The molecule has 3 nitrogen and oxygen atoms in total. The summed E-state index contributed by atoms with van der Waals surface area (Å²) in [7, 11) is 0. The summed E-state index contributed by atoms with van der Waals surface area (Å²) in [4.78, 5) is 11.2. The molecular formula is C9H12F5NO2. The average Bonchev–Trinajstić information content (AvgIpc) is 2.64. The lowest BCUT2D eigenvalue weighted by Gasteiger charge is -2.28. The van der Waals surface area contributed by atoms with Crippen LogP contribution >= 0.6 is 0 Å². The standard InChI is InChI=1S/C9H12F5NO2/c1-2-17-7(16)6-5(3-4-15-6)8(10,11)9(12,13)14/h5-6,15H,2-4H2,1H3/t5-,6+/m0/s1. The van der Waals surface area contributed by atoms with Gasteiger partial charge in [0.05, 0.1) is 12.5 Å². The SMILES string of the molecule is CCOC(=O)[C@@H]1NCC[C@@H]1C(F)(F)C(F)(F)F. The number of hydrogen-bond acceptors (Lipinski definition) is 3. The second-order valence-corrected chi connectivity index (χ2v) is 3.70. The van der Waals surface area contributed by atoms with Crippen molar-refractivity contribution in [1.29, 1.82) is 0 Å². The van der Waals surface area contributed by atoms with Crippen molar-refractivity contribution in [3.63, 3.8) is 0 Å². The number of carbonyl (C=O) groups is 1. The Balaban J connectivity index is 2.86. The van der Waals surface area contributed by atoms with Crippen LogP contribution in [0.2, 0.25) is 0 Å². The highest BCUT2D eigenvalue weighted by Crippen LogP contribution is 2.45. The summed E-state index contributed by atoms with van der Waals surface area (Å²) in [6.07, 6.45) is -6.08. The number of nitrogens with one attached hydrogen (secondary N) is 1. The van der Waals surface area contributed by atoms with Gasteiger partial charge in [-0.1, -0.05) is 0 Å². The van der Waals surface area contributed by atoms with E-state index in [9.17, 15) is 26.7 Å². The third kappa shape index (κ3) is 2.67. The van der Waals surface area contributed by atoms with Gasteiger partial charge in [-0.05, 0) is 19.9 Å². The van der Waals surface area contributed by atoms with Crippen LogP contribution in [0, 0.1) is 5.92 Å². The molecule has 0 bridgehead atoms. The fourth-order valence-electron chi connectivity index (χ4n) is 1.78. The first kappa shape index (κ1) is 14.1. The zero-order chi connectivity index (χ0) is 13.3. The highest BCUT2D eigenvalue weighted by atomic mass is 19.4. The molecule has 1 heterocycles. The van der Waals surface area contributed by atoms with Crippen molar-refractivity contribution in [1.82, 2.24) is 5.32 Å². The molecule has 1 aliphatic rings. The third-order valence-electron chi connectivity index (χ3n) is 2.61. The molecule has 8 heteroatoms. The Bertz CT molecular complexity index is 292. The van der Waals surface area contributed by atoms with Crippen molar-refractivity contribution in [2.75, 3.05) is 13.2 Å². The normalized spacial score (nSPS) is 26.0. The molecule has 1 saturated heterocycles. The maximum atomic E-state index is 13.1. The van der Waals surface area contributed by atoms with Gasteiger partial charge in [0.2, 0.25) is 0 Å². The Labute approximate surface area is 94.3 Å². The van der Waals surface area contributed by atoms with Crippen molar-refractivity contribution in [3.8, 4) is 0 Å². The van der Waals surface area contributed by atoms with Gasteiger partial charge >= 0.3 is 18.1 Å². The number of carbonyl (C=O) groups excluding carboxylic acids is 1. The zero-order valence-corrected chi connectivity index (χ0v) is 8.98. The minimum absolute atomic E-state index is 0.0681. The van der Waals surface area contributed by atoms with Crippen molar-refractivity contribution in [2.45, 2.75) is 31.5 Å². The minimum Gasteiger partial charge on any atom is -0.465 e. The van der Waals surface area contributed by atoms with Gasteiger partial charge in [-0.15, -0.1) is 0 Å². The van der Waals surface area contributed by atoms with E-state index in [-0.39, 0.29) is 13.2 Å². The molecule has 1 N–H and O–H groups in total. The third-order valence-corrected chi connectivity index (χ3v) is 2.61. The van der Waals surface area contributed by atoms with Crippen molar-refractivity contribution in [3.05, 3.63) is 0 Å². The van der Waals surface area contributed by atoms with Crippen molar-refractivity contribution >= 4 is 5.97 Å². The number of halogens is 5. The van der Waals surface area contributed by atoms with Crippen LogP contribution in [0.4, 0.5) is 22.0 Å². The fraction of sp³-hybridized carbons (Fsp3) is 0.889. The second kappa shape index (κ2) is 4.75. The smallest absolute Gasteiger partial charge is 0.453 e. The van der Waals surface area contributed by atoms with Crippen LogP contribution in [0.3, 0.4) is 0 Å². The van der Waals surface area contributed by atoms with Crippen molar-refractivity contribution < 1.29 is 31.5 Å². The molecule has 0 aromatic rings. The van der Waals surface area contributed by atoms with E-state index < -0.39 is 36.4 Å². The fourth-order valence-corrected chi connectivity index (χ4v) is 1.78. The average molecular weight is 261 g/mol. The molecule has 2 atom stereocenters.